The maximum atomic E-state index is 12.2. The summed E-state index contributed by atoms with van der Waals surface area (Å²) >= 11 is 6.31. The summed E-state index contributed by atoms with van der Waals surface area (Å²) in [5.74, 6) is 0.749. The number of aromatic nitrogens is 4. The lowest BCUT2D eigenvalue weighted by Gasteiger charge is -2.14. The van der Waals surface area contributed by atoms with Crippen LogP contribution in [0.15, 0.2) is 36.8 Å². The van der Waals surface area contributed by atoms with Gasteiger partial charge in [-0.3, -0.25) is 9.48 Å². The molecule has 2 aromatic heterocycles. The quantitative estimate of drug-likeness (QED) is 0.655. The Hall–Kier alpha value is -3.13. The number of benzene rings is 1. The monoisotopic (exact) mass is 414 g/mol. The highest BCUT2D eigenvalue weighted by molar-refractivity contribution is 6.32. The van der Waals surface area contributed by atoms with Crippen LogP contribution in [-0.2, 0) is 0 Å². The molecule has 1 aromatic carbocycles. The molecule has 8 nitrogen and oxygen atoms in total. The second kappa shape index (κ2) is 8.48. The van der Waals surface area contributed by atoms with Crippen molar-refractivity contribution in [1.29, 1.82) is 0 Å². The number of halogens is 1. The summed E-state index contributed by atoms with van der Waals surface area (Å²) in [5.41, 5.74) is 2.53. The lowest BCUT2D eigenvalue weighted by molar-refractivity contribution is 0.0827. The van der Waals surface area contributed by atoms with E-state index < -0.39 is 0 Å². The van der Waals surface area contributed by atoms with Gasteiger partial charge in [0, 0.05) is 37.5 Å². The molecule has 0 bridgehead atoms. The van der Waals surface area contributed by atoms with Crippen LogP contribution in [0.1, 0.15) is 30.2 Å². The van der Waals surface area contributed by atoms with Gasteiger partial charge in [-0.1, -0.05) is 11.6 Å². The van der Waals surface area contributed by atoms with Crippen LogP contribution in [0.3, 0.4) is 0 Å². The average Bonchev–Trinajstić information content (AvgIpc) is 3.19. The third kappa shape index (κ3) is 4.48. The predicted molar refractivity (Wildman–Crippen MR) is 113 cm³/mol. The Balaban J connectivity index is 1.91. The summed E-state index contributed by atoms with van der Waals surface area (Å²) in [6.45, 7) is 4.09. The lowest BCUT2D eigenvalue weighted by atomic mass is 10.1. The molecule has 0 spiro atoms. The summed E-state index contributed by atoms with van der Waals surface area (Å²) in [5, 5.41) is 7.89. The van der Waals surface area contributed by atoms with Crippen molar-refractivity contribution in [3.8, 4) is 17.0 Å². The standard InChI is InChI=1S/C20H23ClN6O2/c1-12(2)27-11-14(9-23-27)18-15(21)10-22-20(25-18)24-16-7-6-13(8-17(16)29-5)19(28)26(3)4/h6-12H,1-5H3,(H,22,24,25). The fraction of sp³-hybridized carbons (Fsp3) is 0.300. The number of anilines is 2. The molecule has 0 aliphatic carbocycles. The molecule has 0 aliphatic rings. The van der Waals surface area contributed by atoms with Crippen molar-refractivity contribution in [2.24, 2.45) is 0 Å². The van der Waals surface area contributed by atoms with E-state index >= 15 is 0 Å². The maximum absolute atomic E-state index is 12.2. The minimum atomic E-state index is -0.109. The van der Waals surface area contributed by atoms with Gasteiger partial charge in [-0.05, 0) is 32.0 Å². The van der Waals surface area contributed by atoms with Gasteiger partial charge in [-0.15, -0.1) is 0 Å². The second-order valence-electron chi connectivity index (χ2n) is 6.93. The van der Waals surface area contributed by atoms with Gasteiger partial charge in [0.05, 0.1) is 35.9 Å². The Morgan fingerprint density at radius 2 is 2.03 bits per heavy atom. The first-order valence-corrected chi connectivity index (χ1v) is 9.41. The molecule has 1 N–H and O–H groups in total. The molecule has 0 saturated carbocycles. The second-order valence-corrected chi connectivity index (χ2v) is 7.34. The van der Waals surface area contributed by atoms with Crippen LogP contribution in [0, 0.1) is 0 Å². The van der Waals surface area contributed by atoms with Crippen molar-refractivity contribution in [3.63, 3.8) is 0 Å². The normalized spacial score (nSPS) is 10.9. The number of ether oxygens (including phenoxy) is 1. The molecule has 0 fully saturated rings. The van der Waals surface area contributed by atoms with Crippen molar-refractivity contribution in [3.05, 3.63) is 47.4 Å². The third-order valence-corrected chi connectivity index (χ3v) is 4.53. The van der Waals surface area contributed by atoms with Crippen LogP contribution in [-0.4, -0.2) is 51.8 Å². The fourth-order valence-corrected chi connectivity index (χ4v) is 2.88. The Labute approximate surface area is 174 Å². The number of hydrogen-bond acceptors (Lipinski definition) is 6. The predicted octanol–water partition coefficient (Wildman–Crippen LogP) is 4.03. The zero-order chi connectivity index (χ0) is 21.1. The highest BCUT2D eigenvalue weighted by Gasteiger charge is 2.15. The number of rotatable bonds is 6. The first-order chi connectivity index (χ1) is 13.8. The van der Waals surface area contributed by atoms with Gasteiger partial charge in [0.1, 0.15) is 5.75 Å². The molecule has 9 heteroatoms. The van der Waals surface area contributed by atoms with E-state index in [4.69, 9.17) is 16.3 Å². The van der Waals surface area contributed by atoms with Crippen LogP contribution in [0.25, 0.3) is 11.3 Å². The number of nitrogens with zero attached hydrogens (tertiary/aromatic N) is 5. The Kier molecular flexibility index (Phi) is 6.03. The van der Waals surface area contributed by atoms with Crippen LogP contribution < -0.4 is 10.1 Å². The molecular weight excluding hydrogens is 392 g/mol. The van der Waals surface area contributed by atoms with E-state index in [1.165, 1.54) is 11.1 Å². The molecule has 29 heavy (non-hydrogen) atoms. The van der Waals surface area contributed by atoms with Gasteiger partial charge < -0.3 is 15.0 Å². The van der Waals surface area contributed by atoms with Crippen molar-refractivity contribution in [2.75, 3.05) is 26.5 Å². The van der Waals surface area contributed by atoms with Crippen LogP contribution in [0.4, 0.5) is 11.6 Å². The first-order valence-electron chi connectivity index (χ1n) is 9.04. The van der Waals surface area contributed by atoms with E-state index in [1.54, 1.807) is 45.6 Å². The van der Waals surface area contributed by atoms with Crippen LogP contribution in [0.2, 0.25) is 5.02 Å². The van der Waals surface area contributed by atoms with E-state index in [0.29, 0.717) is 33.7 Å². The minimum absolute atomic E-state index is 0.109. The molecule has 0 unspecified atom stereocenters. The molecule has 3 aromatic rings. The summed E-state index contributed by atoms with van der Waals surface area (Å²) in [6, 6.07) is 5.38. The number of hydrogen-bond donors (Lipinski definition) is 1. The van der Waals surface area contributed by atoms with Gasteiger partial charge in [0.15, 0.2) is 0 Å². The number of carbonyl (C=O) groups is 1. The molecule has 0 aliphatic heterocycles. The zero-order valence-corrected chi connectivity index (χ0v) is 17.7. The first kappa shape index (κ1) is 20.6. The molecule has 1 amide bonds. The van der Waals surface area contributed by atoms with Gasteiger partial charge in [0.25, 0.3) is 5.91 Å². The SMILES string of the molecule is COc1cc(C(=O)N(C)C)ccc1Nc1ncc(Cl)c(-c2cnn(C(C)C)c2)n1. The molecule has 0 radical (unpaired) electrons. The number of methoxy groups -OCH3 is 1. The van der Waals surface area contributed by atoms with E-state index in [-0.39, 0.29) is 11.9 Å². The molecule has 0 saturated heterocycles. The largest absolute Gasteiger partial charge is 0.495 e. The third-order valence-electron chi connectivity index (χ3n) is 4.25. The van der Waals surface area contributed by atoms with E-state index in [2.05, 4.69) is 20.4 Å². The highest BCUT2D eigenvalue weighted by Crippen LogP contribution is 2.31. The Bertz CT molecular complexity index is 1030. The number of amides is 1. The molecular formula is C20H23ClN6O2. The fourth-order valence-electron chi connectivity index (χ4n) is 2.68. The molecule has 2 heterocycles. The summed E-state index contributed by atoms with van der Waals surface area (Å²) in [7, 11) is 4.94. The van der Waals surface area contributed by atoms with Crippen molar-refractivity contribution in [2.45, 2.75) is 19.9 Å². The van der Waals surface area contributed by atoms with Crippen molar-refractivity contribution in [1.82, 2.24) is 24.6 Å². The minimum Gasteiger partial charge on any atom is -0.495 e. The number of carbonyl (C=O) groups excluding carboxylic acids is 1. The summed E-state index contributed by atoms with van der Waals surface area (Å²) < 4.78 is 7.27. The van der Waals surface area contributed by atoms with Gasteiger partial charge in [0.2, 0.25) is 5.95 Å². The van der Waals surface area contributed by atoms with Crippen molar-refractivity contribution < 1.29 is 9.53 Å². The topological polar surface area (TPSA) is 85.2 Å². The number of nitrogens with one attached hydrogen (secondary N) is 1. The van der Waals surface area contributed by atoms with Crippen molar-refractivity contribution >= 4 is 29.1 Å². The van der Waals surface area contributed by atoms with E-state index in [9.17, 15) is 4.79 Å². The lowest BCUT2D eigenvalue weighted by Crippen LogP contribution is -2.21. The van der Waals surface area contributed by atoms with Crippen LogP contribution >= 0.6 is 11.6 Å². The van der Waals surface area contributed by atoms with Gasteiger partial charge >= 0.3 is 0 Å². The highest BCUT2D eigenvalue weighted by atomic mass is 35.5. The van der Waals surface area contributed by atoms with E-state index in [0.717, 1.165) is 5.56 Å². The summed E-state index contributed by atoms with van der Waals surface area (Å²) in [4.78, 5) is 22.5. The Morgan fingerprint density at radius 1 is 1.28 bits per heavy atom. The molecule has 0 atom stereocenters. The average molecular weight is 415 g/mol. The summed E-state index contributed by atoms with van der Waals surface area (Å²) in [6.07, 6.45) is 5.15. The van der Waals surface area contributed by atoms with E-state index in [1.807, 2.05) is 24.7 Å². The van der Waals surface area contributed by atoms with Crippen LogP contribution in [0.5, 0.6) is 5.75 Å². The molecule has 3 rings (SSSR count). The smallest absolute Gasteiger partial charge is 0.253 e. The molecule has 152 valence electrons. The van der Waals surface area contributed by atoms with Gasteiger partial charge in [-0.25, -0.2) is 9.97 Å². The Morgan fingerprint density at radius 3 is 2.66 bits per heavy atom. The maximum Gasteiger partial charge on any atom is 0.253 e. The van der Waals surface area contributed by atoms with Gasteiger partial charge in [-0.2, -0.15) is 5.10 Å². The zero-order valence-electron chi connectivity index (χ0n) is 17.0.